The fourth-order valence-corrected chi connectivity index (χ4v) is 2.64. The lowest BCUT2D eigenvalue weighted by Crippen LogP contribution is -2.16. The smallest absolute Gasteiger partial charge is 0.325 e. The van der Waals surface area contributed by atoms with Gasteiger partial charge in [0.2, 0.25) is 5.91 Å². The third-order valence-electron chi connectivity index (χ3n) is 3.52. The third kappa shape index (κ3) is 3.88. The summed E-state index contributed by atoms with van der Waals surface area (Å²) in [6.45, 7) is 0. The average Bonchev–Trinajstić information content (AvgIpc) is 2.83. The maximum absolute atomic E-state index is 12.6. The Morgan fingerprint density at radius 2 is 1.95 bits per heavy atom. The Morgan fingerprint density at radius 1 is 1.30 bits per heavy atom. The third-order valence-corrected chi connectivity index (χ3v) is 3.85. The quantitative estimate of drug-likeness (QED) is 0.847. The minimum atomic E-state index is -4.45. The van der Waals surface area contributed by atoms with Crippen LogP contribution in [0, 0.1) is 5.92 Å². The first-order valence-corrected chi connectivity index (χ1v) is 6.90. The summed E-state index contributed by atoms with van der Waals surface area (Å²) in [7, 11) is 0. The highest BCUT2D eigenvalue weighted by molar-refractivity contribution is 6.33. The van der Waals surface area contributed by atoms with E-state index in [9.17, 15) is 18.0 Å². The van der Waals surface area contributed by atoms with Gasteiger partial charge in [-0.2, -0.15) is 13.2 Å². The highest BCUT2D eigenvalue weighted by Gasteiger charge is 2.31. The monoisotopic (exact) mass is 305 g/mol. The Morgan fingerprint density at radius 3 is 2.55 bits per heavy atom. The first-order valence-electron chi connectivity index (χ1n) is 6.53. The van der Waals surface area contributed by atoms with Crippen LogP contribution in [0.3, 0.4) is 0 Å². The summed E-state index contributed by atoms with van der Waals surface area (Å²) in [6, 6.07) is 2.92. The molecule has 1 amide bonds. The molecule has 0 aliphatic heterocycles. The molecule has 1 saturated carbocycles. The molecule has 20 heavy (non-hydrogen) atoms. The molecule has 0 spiro atoms. The molecule has 0 aromatic heterocycles. The number of carbonyl (C=O) groups is 1. The number of carbonyl (C=O) groups excluding carboxylic acids is 1. The Balaban J connectivity index is 2.06. The van der Waals surface area contributed by atoms with Crippen LogP contribution >= 0.6 is 11.6 Å². The van der Waals surface area contributed by atoms with Crippen molar-refractivity contribution in [2.24, 2.45) is 5.92 Å². The van der Waals surface area contributed by atoms with Crippen LogP contribution in [-0.4, -0.2) is 5.91 Å². The lowest BCUT2D eigenvalue weighted by atomic mass is 10.0. The van der Waals surface area contributed by atoms with Crippen molar-refractivity contribution in [3.8, 4) is 0 Å². The molecule has 0 bridgehead atoms. The molecule has 1 aromatic rings. The molecule has 2 nitrogen and oxygen atoms in total. The van der Waals surface area contributed by atoms with Gasteiger partial charge in [-0.1, -0.05) is 24.4 Å². The van der Waals surface area contributed by atoms with Gasteiger partial charge in [0.15, 0.2) is 0 Å². The minimum absolute atomic E-state index is 0.0180. The number of halogens is 4. The highest BCUT2D eigenvalue weighted by atomic mass is 35.5. The Hall–Kier alpha value is -1.23. The van der Waals surface area contributed by atoms with Crippen molar-refractivity contribution < 1.29 is 18.0 Å². The zero-order chi connectivity index (χ0) is 14.8. The predicted octanol–water partition coefficient (Wildman–Crippen LogP) is 4.88. The second-order valence-corrected chi connectivity index (χ2v) is 5.50. The van der Waals surface area contributed by atoms with E-state index in [-0.39, 0.29) is 16.6 Å². The molecule has 2 rings (SSSR count). The van der Waals surface area contributed by atoms with Crippen molar-refractivity contribution in [1.82, 2.24) is 0 Å². The van der Waals surface area contributed by atoms with E-state index >= 15 is 0 Å². The fourth-order valence-electron chi connectivity index (χ4n) is 2.48. The van der Waals surface area contributed by atoms with Gasteiger partial charge in [0.25, 0.3) is 0 Å². The maximum Gasteiger partial charge on any atom is 0.416 e. The second kappa shape index (κ2) is 6.04. The van der Waals surface area contributed by atoms with Gasteiger partial charge in [-0.3, -0.25) is 4.79 Å². The molecule has 1 N–H and O–H groups in total. The van der Waals surface area contributed by atoms with Crippen LogP contribution in [0.4, 0.5) is 18.9 Å². The molecule has 0 saturated heterocycles. The molecule has 110 valence electrons. The van der Waals surface area contributed by atoms with E-state index in [0.29, 0.717) is 12.3 Å². The van der Waals surface area contributed by atoms with E-state index in [0.717, 1.165) is 43.9 Å². The first kappa shape index (κ1) is 15.2. The number of nitrogens with one attached hydrogen (secondary N) is 1. The van der Waals surface area contributed by atoms with Gasteiger partial charge in [-0.05, 0) is 37.0 Å². The summed E-state index contributed by atoms with van der Waals surface area (Å²) < 4.78 is 37.8. The van der Waals surface area contributed by atoms with E-state index < -0.39 is 11.7 Å². The van der Waals surface area contributed by atoms with E-state index in [1.54, 1.807) is 0 Å². The number of alkyl halides is 3. The minimum Gasteiger partial charge on any atom is -0.325 e. The first-order chi connectivity index (χ1) is 9.36. The van der Waals surface area contributed by atoms with Crippen molar-refractivity contribution >= 4 is 23.2 Å². The van der Waals surface area contributed by atoms with Crippen LogP contribution in [0.15, 0.2) is 18.2 Å². The standard InChI is InChI=1S/C14H15ClF3NO/c15-11-6-5-10(14(16,17)18)8-12(11)19-13(20)7-9-3-1-2-4-9/h5-6,8-9H,1-4,7H2,(H,19,20). The number of hydrogen-bond donors (Lipinski definition) is 1. The molecule has 1 fully saturated rings. The molecule has 0 radical (unpaired) electrons. The number of anilines is 1. The summed E-state index contributed by atoms with van der Waals surface area (Å²) in [5, 5.41) is 2.59. The van der Waals surface area contributed by atoms with Gasteiger partial charge in [0.05, 0.1) is 16.3 Å². The molecular weight excluding hydrogens is 291 g/mol. The molecule has 1 aliphatic rings. The predicted molar refractivity (Wildman–Crippen MR) is 71.7 cm³/mol. The van der Waals surface area contributed by atoms with Crippen LogP contribution in [0.1, 0.15) is 37.7 Å². The number of rotatable bonds is 3. The number of amides is 1. The number of hydrogen-bond acceptors (Lipinski definition) is 1. The Bertz CT molecular complexity index is 496. The summed E-state index contributed by atoms with van der Waals surface area (Å²) >= 11 is 5.82. The van der Waals surface area contributed by atoms with Crippen molar-refractivity contribution in [3.63, 3.8) is 0 Å². The zero-order valence-corrected chi connectivity index (χ0v) is 11.5. The zero-order valence-electron chi connectivity index (χ0n) is 10.8. The lowest BCUT2D eigenvalue weighted by Gasteiger charge is -2.13. The number of benzene rings is 1. The van der Waals surface area contributed by atoms with Gasteiger partial charge in [0.1, 0.15) is 0 Å². The van der Waals surface area contributed by atoms with Crippen LogP contribution in [0.5, 0.6) is 0 Å². The summed E-state index contributed by atoms with van der Waals surface area (Å²) in [5.74, 6) is 0.0534. The Kier molecular flexibility index (Phi) is 4.58. The maximum atomic E-state index is 12.6. The Labute approximate surface area is 120 Å². The molecule has 0 heterocycles. The SMILES string of the molecule is O=C(CC1CCCC1)Nc1cc(C(F)(F)F)ccc1Cl. The van der Waals surface area contributed by atoms with Gasteiger partial charge >= 0.3 is 6.18 Å². The lowest BCUT2D eigenvalue weighted by molar-refractivity contribution is -0.137. The van der Waals surface area contributed by atoms with E-state index in [4.69, 9.17) is 11.6 Å². The van der Waals surface area contributed by atoms with E-state index in [1.807, 2.05) is 0 Å². The largest absolute Gasteiger partial charge is 0.416 e. The molecule has 6 heteroatoms. The van der Waals surface area contributed by atoms with Gasteiger partial charge < -0.3 is 5.32 Å². The summed E-state index contributed by atoms with van der Waals surface area (Å²) in [4.78, 5) is 11.8. The average molecular weight is 306 g/mol. The van der Waals surface area contributed by atoms with Crippen molar-refractivity contribution in [3.05, 3.63) is 28.8 Å². The molecule has 1 aromatic carbocycles. The summed E-state index contributed by atoms with van der Waals surface area (Å²) in [5.41, 5.74) is -0.803. The molecule has 1 aliphatic carbocycles. The second-order valence-electron chi connectivity index (χ2n) is 5.10. The topological polar surface area (TPSA) is 29.1 Å². The van der Waals surface area contributed by atoms with Crippen LogP contribution in [0.2, 0.25) is 5.02 Å². The van der Waals surface area contributed by atoms with Crippen molar-refractivity contribution in [2.75, 3.05) is 5.32 Å². The van der Waals surface area contributed by atoms with Crippen LogP contribution in [-0.2, 0) is 11.0 Å². The molecular formula is C14H15ClF3NO. The van der Waals surface area contributed by atoms with E-state index in [2.05, 4.69) is 5.32 Å². The van der Waals surface area contributed by atoms with Crippen molar-refractivity contribution in [2.45, 2.75) is 38.3 Å². The normalized spacial score (nSPS) is 16.4. The van der Waals surface area contributed by atoms with Gasteiger partial charge in [0, 0.05) is 6.42 Å². The summed E-state index contributed by atoms with van der Waals surface area (Å²) in [6.07, 6.45) is 0.125. The fraction of sp³-hybridized carbons (Fsp3) is 0.500. The van der Waals surface area contributed by atoms with E-state index in [1.165, 1.54) is 0 Å². The van der Waals surface area contributed by atoms with Gasteiger partial charge in [-0.15, -0.1) is 0 Å². The van der Waals surface area contributed by atoms with Gasteiger partial charge in [-0.25, -0.2) is 0 Å². The van der Waals surface area contributed by atoms with Crippen LogP contribution < -0.4 is 5.32 Å². The molecule has 0 atom stereocenters. The van der Waals surface area contributed by atoms with Crippen molar-refractivity contribution in [1.29, 1.82) is 0 Å². The van der Waals surface area contributed by atoms with Crippen LogP contribution in [0.25, 0.3) is 0 Å². The highest BCUT2D eigenvalue weighted by Crippen LogP contribution is 2.34. The molecule has 0 unspecified atom stereocenters.